The van der Waals surface area contributed by atoms with Crippen LogP contribution in [-0.4, -0.2) is 92.6 Å². The first-order valence-corrected chi connectivity index (χ1v) is 30.5. The Balaban J connectivity index is 0. The highest BCUT2D eigenvalue weighted by Gasteiger charge is 2.20. The maximum Gasteiger partial charge on any atom is 0.234 e. The number of allylic oxidation sites excluding steroid dienone is 1. The second-order valence-corrected chi connectivity index (χ2v) is 19.9. The Morgan fingerprint density at radius 2 is 0.591 bits per heavy atom. The van der Waals surface area contributed by atoms with Gasteiger partial charge in [-0.2, -0.15) is 0 Å². The molecule has 6 heteroatoms. The number of rotatable bonds is 51. The highest BCUT2D eigenvalue weighted by molar-refractivity contribution is 5.78. The molecule has 0 atom stereocenters. The molecule has 0 aromatic rings. The molecule has 2 N–H and O–H groups in total. The lowest BCUT2D eigenvalue weighted by atomic mass is 10.1. The summed E-state index contributed by atoms with van der Waals surface area (Å²) in [5.74, 6) is 0.209. The second kappa shape index (κ2) is 56.5. The number of carbonyl (C=O) groups is 1. The van der Waals surface area contributed by atoms with Crippen LogP contribution in [0.1, 0.15) is 300 Å². The Labute approximate surface area is 417 Å². The zero-order valence-corrected chi connectivity index (χ0v) is 47.2. The Hall–Kier alpha value is -1.11. The normalized spacial score (nSPS) is 12.1. The first-order valence-electron chi connectivity index (χ1n) is 30.5. The van der Waals surface area contributed by atoms with E-state index in [0.29, 0.717) is 13.1 Å². The lowest BCUT2D eigenvalue weighted by Crippen LogP contribution is -2.43. The standard InChI is InChI=1S/C56H113N5O.2C2H6/c1-6-11-16-21-26-31-36-45-59(46-37-32-27-22-17-12-7-2)50-51-61(49-40-35-30-25-20-15-10-5)53-56(62)58-44-43-57-55(54-41-42-54)52-60(47-38-33-28-23-18-13-8-3)48-39-34-29-24-19-14-9-4;2*1-2/h57H,6-53H2,1-5H3,(H,58,62);2*1-2H3. The van der Waals surface area contributed by atoms with Crippen LogP contribution in [0, 0.1) is 0 Å². The van der Waals surface area contributed by atoms with Crippen LogP contribution in [0.2, 0.25) is 0 Å². The molecular weight excluding hydrogens is 807 g/mol. The van der Waals surface area contributed by atoms with Gasteiger partial charge in [-0.15, -0.1) is 0 Å². The molecule has 0 aliphatic heterocycles. The fourth-order valence-electron chi connectivity index (χ4n) is 9.18. The summed E-state index contributed by atoms with van der Waals surface area (Å²) in [6.07, 6.45) is 50.2. The van der Waals surface area contributed by atoms with Crippen LogP contribution in [-0.2, 0) is 4.79 Å². The van der Waals surface area contributed by atoms with Gasteiger partial charge in [-0.05, 0) is 83.2 Å². The quantitative estimate of drug-likeness (QED) is 0.0595. The molecule has 1 aliphatic rings. The first-order chi connectivity index (χ1) is 32.6. The smallest absolute Gasteiger partial charge is 0.234 e. The number of carbonyl (C=O) groups excluding carboxylic acids is 1. The summed E-state index contributed by atoms with van der Waals surface area (Å²) in [5, 5.41) is 7.20. The SMILES string of the molecule is CC.CC.CCCCCCCCCN(CCCCCCCCC)CCN(CCCCCCCCC)CC(=O)NCCNC(CN(CCCCCCCCC)CCCCCCCCC)=C1CC1. The van der Waals surface area contributed by atoms with Crippen LogP contribution in [0.15, 0.2) is 11.3 Å². The number of nitrogens with one attached hydrogen (secondary N) is 2. The minimum absolute atomic E-state index is 0.209. The molecule has 0 aromatic carbocycles. The van der Waals surface area contributed by atoms with Crippen LogP contribution in [0.3, 0.4) is 0 Å². The van der Waals surface area contributed by atoms with E-state index in [1.165, 1.54) is 269 Å². The van der Waals surface area contributed by atoms with Crippen LogP contribution in [0.25, 0.3) is 0 Å². The van der Waals surface area contributed by atoms with Crippen molar-refractivity contribution in [2.24, 2.45) is 0 Å². The molecule has 1 fully saturated rings. The molecule has 66 heavy (non-hydrogen) atoms. The van der Waals surface area contributed by atoms with Crippen molar-refractivity contribution in [1.29, 1.82) is 0 Å². The Bertz CT molecular complexity index is 929. The zero-order chi connectivity index (χ0) is 48.8. The van der Waals surface area contributed by atoms with Gasteiger partial charge in [-0.25, -0.2) is 0 Å². The predicted molar refractivity (Wildman–Crippen MR) is 299 cm³/mol. The molecule has 1 rings (SSSR count). The van der Waals surface area contributed by atoms with E-state index < -0.39 is 0 Å². The molecule has 0 heterocycles. The predicted octanol–water partition coefficient (Wildman–Crippen LogP) is 17.5. The molecule has 396 valence electrons. The molecular formula is C60H125N5O. The molecule has 0 unspecified atom stereocenters. The fraction of sp³-hybridized carbons (Fsp3) is 0.950. The van der Waals surface area contributed by atoms with Crippen molar-refractivity contribution in [2.75, 3.05) is 72.0 Å². The monoisotopic (exact) mass is 932 g/mol. The molecule has 0 spiro atoms. The molecule has 0 aromatic heterocycles. The van der Waals surface area contributed by atoms with Crippen molar-refractivity contribution in [1.82, 2.24) is 25.3 Å². The second-order valence-electron chi connectivity index (χ2n) is 19.9. The highest BCUT2D eigenvalue weighted by Crippen LogP contribution is 2.31. The van der Waals surface area contributed by atoms with Gasteiger partial charge >= 0.3 is 0 Å². The summed E-state index contributed by atoms with van der Waals surface area (Å²) in [4.78, 5) is 21.6. The van der Waals surface area contributed by atoms with Gasteiger partial charge in [-0.1, -0.05) is 255 Å². The first kappa shape index (κ1) is 67.0. The lowest BCUT2D eigenvalue weighted by Gasteiger charge is -2.28. The number of amides is 1. The van der Waals surface area contributed by atoms with E-state index in [1.807, 2.05) is 27.7 Å². The third kappa shape index (κ3) is 47.9. The Kier molecular flexibility index (Phi) is 57.3. The Morgan fingerprint density at radius 1 is 0.333 bits per heavy atom. The van der Waals surface area contributed by atoms with Gasteiger partial charge in [0, 0.05) is 38.4 Å². The number of unbranched alkanes of at least 4 members (excludes halogenated alkanes) is 30. The third-order valence-electron chi connectivity index (χ3n) is 13.6. The van der Waals surface area contributed by atoms with Crippen molar-refractivity contribution in [3.05, 3.63) is 11.3 Å². The van der Waals surface area contributed by atoms with Crippen LogP contribution < -0.4 is 10.6 Å². The van der Waals surface area contributed by atoms with E-state index in [9.17, 15) is 4.79 Å². The van der Waals surface area contributed by atoms with Gasteiger partial charge in [0.1, 0.15) is 0 Å². The average molecular weight is 933 g/mol. The minimum Gasteiger partial charge on any atom is -0.386 e. The number of nitrogens with zero attached hydrogens (tertiary/aromatic N) is 3. The fourth-order valence-corrected chi connectivity index (χ4v) is 9.18. The van der Waals surface area contributed by atoms with Crippen LogP contribution >= 0.6 is 0 Å². The van der Waals surface area contributed by atoms with Crippen molar-refractivity contribution >= 4 is 5.91 Å². The van der Waals surface area contributed by atoms with Gasteiger partial charge in [0.2, 0.25) is 5.91 Å². The van der Waals surface area contributed by atoms with E-state index in [4.69, 9.17) is 0 Å². The maximum absolute atomic E-state index is 13.6. The minimum atomic E-state index is 0.209. The van der Waals surface area contributed by atoms with Gasteiger partial charge in [0.15, 0.2) is 0 Å². The van der Waals surface area contributed by atoms with Gasteiger partial charge in [0.25, 0.3) is 0 Å². The Morgan fingerprint density at radius 3 is 0.909 bits per heavy atom. The van der Waals surface area contributed by atoms with Crippen LogP contribution in [0.4, 0.5) is 0 Å². The van der Waals surface area contributed by atoms with E-state index in [0.717, 1.165) is 32.7 Å². The number of hydrogen-bond donors (Lipinski definition) is 2. The molecule has 6 nitrogen and oxygen atoms in total. The summed E-state index contributed by atoms with van der Waals surface area (Å²) < 4.78 is 0. The zero-order valence-electron chi connectivity index (χ0n) is 47.2. The van der Waals surface area contributed by atoms with Crippen LogP contribution in [0.5, 0.6) is 0 Å². The highest BCUT2D eigenvalue weighted by atomic mass is 16.2. The average Bonchev–Trinajstić information content (AvgIpc) is 4.19. The number of hydrogen-bond acceptors (Lipinski definition) is 5. The van der Waals surface area contributed by atoms with Crippen molar-refractivity contribution in [3.63, 3.8) is 0 Å². The molecule has 0 bridgehead atoms. The van der Waals surface area contributed by atoms with E-state index in [1.54, 1.807) is 5.57 Å². The summed E-state index contributed by atoms with van der Waals surface area (Å²) in [7, 11) is 0. The van der Waals surface area contributed by atoms with Crippen molar-refractivity contribution < 1.29 is 4.79 Å². The van der Waals surface area contributed by atoms with Crippen molar-refractivity contribution in [3.8, 4) is 0 Å². The van der Waals surface area contributed by atoms with E-state index in [2.05, 4.69) is 60.0 Å². The lowest BCUT2D eigenvalue weighted by molar-refractivity contribution is -0.122. The van der Waals surface area contributed by atoms with E-state index in [-0.39, 0.29) is 5.91 Å². The summed E-state index contributed by atoms with van der Waals surface area (Å²) in [6, 6.07) is 0. The summed E-state index contributed by atoms with van der Waals surface area (Å²) in [6.45, 7) is 30.7. The largest absolute Gasteiger partial charge is 0.386 e. The summed E-state index contributed by atoms with van der Waals surface area (Å²) in [5.41, 5.74) is 3.09. The molecule has 1 aliphatic carbocycles. The maximum atomic E-state index is 13.6. The molecule has 1 amide bonds. The summed E-state index contributed by atoms with van der Waals surface area (Å²) >= 11 is 0. The van der Waals surface area contributed by atoms with Crippen molar-refractivity contribution in [2.45, 2.75) is 300 Å². The van der Waals surface area contributed by atoms with Gasteiger partial charge < -0.3 is 15.5 Å². The topological polar surface area (TPSA) is 50.9 Å². The van der Waals surface area contributed by atoms with E-state index >= 15 is 0 Å². The molecule has 0 saturated heterocycles. The third-order valence-corrected chi connectivity index (χ3v) is 13.6. The van der Waals surface area contributed by atoms with Gasteiger partial charge in [0.05, 0.1) is 6.54 Å². The molecule has 1 saturated carbocycles. The van der Waals surface area contributed by atoms with Gasteiger partial charge in [-0.3, -0.25) is 14.6 Å². The molecule has 0 radical (unpaired) electrons.